The number of benzene rings is 2. The molecule has 8 nitrogen and oxygen atoms in total. The average molecular weight is 428 g/mol. The molecule has 1 aliphatic heterocycles. The molecule has 0 aromatic heterocycles. The summed E-state index contributed by atoms with van der Waals surface area (Å²) in [6, 6.07) is 3.93. The third kappa shape index (κ3) is 4.19. The SMILES string of the molecule is CCCCCc1c2c(cc(O)c1C(=O)O)OC(=O)c1c(cc(OC)cc1C(=O)CC)O2. The van der Waals surface area contributed by atoms with Gasteiger partial charge < -0.3 is 24.4 Å². The number of hydrogen-bond acceptors (Lipinski definition) is 7. The van der Waals surface area contributed by atoms with E-state index in [4.69, 9.17) is 14.2 Å². The molecule has 3 rings (SSSR count). The van der Waals surface area contributed by atoms with Crippen LogP contribution in [-0.2, 0) is 6.42 Å². The maximum absolute atomic E-state index is 12.9. The molecule has 2 aromatic carbocycles. The normalized spacial score (nSPS) is 12.2. The third-order valence-corrected chi connectivity index (χ3v) is 5.12. The largest absolute Gasteiger partial charge is 0.507 e. The van der Waals surface area contributed by atoms with Crippen molar-refractivity contribution in [1.82, 2.24) is 0 Å². The molecule has 0 saturated heterocycles. The first-order valence-electron chi connectivity index (χ1n) is 10.1. The summed E-state index contributed by atoms with van der Waals surface area (Å²) in [5, 5.41) is 20.0. The van der Waals surface area contributed by atoms with Crippen LogP contribution < -0.4 is 14.2 Å². The van der Waals surface area contributed by atoms with E-state index in [1.54, 1.807) is 6.92 Å². The number of esters is 1. The molecule has 0 bridgehead atoms. The summed E-state index contributed by atoms with van der Waals surface area (Å²) in [4.78, 5) is 37.3. The first kappa shape index (κ1) is 22.1. The van der Waals surface area contributed by atoms with Crippen molar-refractivity contribution in [1.29, 1.82) is 0 Å². The van der Waals surface area contributed by atoms with E-state index in [2.05, 4.69) is 0 Å². The maximum Gasteiger partial charge on any atom is 0.348 e. The number of ether oxygens (including phenoxy) is 3. The summed E-state index contributed by atoms with van der Waals surface area (Å²) < 4.78 is 16.7. The number of carbonyl (C=O) groups excluding carboxylic acids is 2. The fourth-order valence-electron chi connectivity index (χ4n) is 3.57. The highest BCUT2D eigenvalue weighted by molar-refractivity contribution is 6.09. The van der Waals surface area contributed by atoms with Crippen molar-refractivity contribution in [2.24, 2.45) is 0 Å². The molecule has 1 heterocycles. The molecular formula is C23H24O8. The second-order valence-electron chi connectivity index (χ2n) is 7.16. The number of ketones is 1. The van der Waals surface area contributed by atoms with E-state index in [0.717, 1.165) is 18.9 Å². The number of aromatic carboxylic acids is 1. The lowest BCUT2D eigenvalue weighted by atomic mass is 9.98. The lowest BCUT2D eigenvalue weighted by molar-refractivity contribution is 0.0691. The van der Waals surface area contributed by atoms with Gasteiger partial charge in [-0.15, -0.1) is 0 Å². The van der Waals surface area contributed by atoms with E-state index >= 15 is 0 Å². The Bertz CT molecular complexity index is 1050. The molecule has 0 fully saturated rings. The van der Waals surface area contributed by atoms with Crippen molar-refractivity contribution in [3.8, 4) is 28.7 Å². The maximum atomic E-state index is 12.9. The van der Waals surface area contributed by atoms with Gasteiger partial charge in [-0.05, 0) is 18.9 Å². The van der Waals surface area contributed by atoms with Gasteiger partial charge in [0.1, 0.15) is 28.4 Å². The van der Waals surface area contributed by atoms with Crippen LogP contribution in [0.1, 0.15) is 76.2 Å². The van der Waals surface area contributed by atoms with Crippen LogP contribution in [-0.4, -0.2) is 35.0 Å². The molecule has 0 aliphatic carbocycles. The van der Waals surface area contributed by atoms with E-state index in [1.165, 1.54) is 19.2 Å². The van der Waals surface area contributed by atoms with Gasteiger partial charge >= 0.3 is 11.9 Å². The summed E-state index contributed by atoms with van der Waals surface area (Å²) in [5.74, 6) is -2.74. The van der Waals surface area contributed by atoms with Crippen molar-refractivity contribution >= 4 is 17.7 Å². The van der Waals surface area contributed by atoms with Gasteiger partial charge in [0.15, 0.2) is 17.3 Å². The molecule has 0 spiro atoms. The van der Waals surface area contributed by atoms with Crippen molar-refractivity contribution in [3.05, 3.63) is 40.5 Å². The summed E-state index contributed by atoms with van der Waals surface area (Å²) >= 11 is 0. The molecule has 0 unspecified atom stereocenters. The molecule has 0 amide bonds. The smallest absolute Gasteiger partial charge is 0.348 e. The predicted octanol–water partition coefficient (Wildman–Crippen LogP) is 4.75. The number of carbonyl (C=O) groups is 3. The molecule has 164 valence electrons. The van der Waals surface area contributed by atoms with E-state index in [1.807, 2.05) is 6.92 Å². The van der Waals surface area contributed by atoms with Gasteiger partial charge in [0.2, 0.25) is 0 Å². The van der Waals surface area contributed by atoms with Crippen LogP contribution in [0.3, 0.4) is 0 Å². The van der Waals surface area contributed by atoms with Gasteiger partial charge in [-0.2, -0.15) is 0 Å². The van der Waals surface area contributed by atoms with E-state index in [9.17, 15) is 24.6 Å². The monoisotopic (exact) mass is 428 g/mol. The summed E-state index contributed by atoms with van der Waals surface area (Å²) in [7, 11) is 1.42. The third-order valence-electron chi connectivity index (χ3n) is 5.12. The molecule has 0 atom stereocenters. The standard InChI is InChI=1S/C23H24O8/c1-4-6-7-8-13-19(22(26)27)16(25)11-18-21(13)30-17-10-12(29-3)9-14(15(24)5-2)20(17)23(28)31-18/h9-11,25H,4-8H2,1-3H3,(H,26,27). The predicted molar refractivity (Wildman–Crippen MR) is 111 cm³/mol. The summed E-state index contributed by atoms with van der Waals surface area (Å²) in [6.07, 6.45) is 2.83. The van der Waals surface area contributed by atoms with Crippen molar-refractivity contribution in [3.63, 3.8) is 0 Å². The van der Waals surface area contributed by atoms with Crippen LogP contribution >= 0.6 is 0 Å². The minimum atomic E-state index is -1.32. The van der Waals surface area contributed by atoms with Gasteiger partial charge in [-0.1, -0.05) is 26.7 Å². The van der Waals surface area contributed by atoms with Crippen molar-refractivity contribution < 1.29 is 38.8 Å². The molecule has 1 aliphatic rings. The lowest BCUT2D eigenvalue weighted by Crippen LogP contribution is -2.14. The highest BCUT2D eigenvalue weighted by Gasteiger charge is 2.33. The molecule has 8 heteroatoms. The Morgan fingerprint density at radius 2 is 1.81 bits per heavy atom. The molecule has 0 saturated carbocycles. The van der Waals surface area contributed by atoms with Crippen LogP contribution in [0, 0.1) is 0 Å². The average Bonchev–Trinajstić information content (AvgIpc) is 2.87. The second kappa shape index (κ2) is 9.07. The zero-order valence-electron chi connectivity index (χ0n) is 17.6. The number of carboxylic acids is 1. The van der Waals surface area contributed by atoms with E-state index in [0.29, 0.717) is 18.6 Å². The minimum Gasteiger partial charge on any atom is -0.507 e. The first-order chi connectivity index (χ1) is 14.8. The topological polar surface area (TPSA) is 119 Å². The number of carboxylic acid groups (broad SMARTS) is 1. The van der Waals surface area contributed by atoms with Gasteiger partial charge in [-0.25, -0.2) is 9.59 Å². The number of aromatic hydroxyl groups is 1. The van der Waals surface area contributed by atoms with Gasteiger partial charge in [0, 0.05) is 29.7 Å². The number of unbranched alkanes of at least 4 members (excludes halogenated alkanes) is 2. The number of fused-ring (bicyclic) bond motifs is 2. The van der Waals surface area contributed by atoms with Gasteiger partial charge in [0.05, 0.1) is 7.11 Å². The number of hydrogen-bond donors (Lipinski definition) is 2. The van der Waals surface area contributed by atoms with Gasteiger partial charge in [-0.3, -0.25) is 4.79 Å². The Morgan fingerprint density at radius 1 is 1.06 bits per heavy atom. The fourth-order valence-corrected chi connectivity index (χ4v) is 3.57. The fraction of sp³-hybridized carbons (Fsp3) is 0.348. The number of rotatable bonds is 8. The number of phenols is 1. The Morgan fingerprint density at radius 3 is 2.42 bits per heavy atom. The molecule has 2 N–H and O–H groups in total. The first-order valence-corrected chi connectivity index (χ1v) is 10.1. The quantitative estimate of drug-likeness (QED) is 0.268. The van der Waals surface area contributed by atoms with Gasteiger partial charge in [0.25, 0.3) is 0 Å². The van der Waals surface area contributed by atoms with Crippen LogP contribution in [0.15, 0.2) is 18.2 Å². The van der Waals surface area contributed by atoms with Crippen LogP contribution in [0.5, 0.6) is 28.7 Å². The second-order valence-corrected chi connectivity index (χ2v) is 7.16. The van der Waals surface area contributed by atoms with Crippen LogP contribution in [0.4, 0.5) is 0 Å². The van der Waals surface area contributed by atoms with E-state index < -0.39 is 17.7 Å². The van der Waals surface area contributed by atoms with E-state index in [-0.39, 0.29) is 51.7 Å². The Balaban J connectivity index is 2.26. The molecule has 0 radical (unpaired) electrons. The number of Topliss-reactive ketones (excluding diaryl/α,β-unsaturated/α-hetero) is 1. The highest BCUT2D eigenvalue weighted by Crippen LogP contribution is 2.47. The van der Waals surface area contributed by atoms with Crippen LogP contribution in [0.2, 0.25) is 0 Å². The van der Waals surface area contributed by atoms with Crippen LogP contribution in [0.25, 0.3) is 0 Å². The Labute approximate surface area is 179 Å². The molecular weight excluding hydrogens is 404 g/mol. The Hall–Kier alpha value is -3.55. The molecule has 31 heavy (non-hydrogen) atoms. The Kier molecular flexibility index (Phi) is 6.48. The summed E-state index contributed by atoms with van der Waals surface area (Å²) in [6.45, 7) is 3.67. The lowest BCUT2D eigenvalue weighted by Gasteiger charge is -2.16. The zero-order valence-corrected chi connectivity index (χ0v) is 17.6. The van der Waals surface area contributed by atoms with Crippen molar-refractivity contribution in [2.45, 2.75) is 46.0 Å². The number of methoxy groups -OCH3 is 1. The van der Waals surface area contributed by atoms with Crippen molar-refractivity contribution in [2.75, 3.05) is 7.11 Å². The molecule has 2 aromatic rings. The zero-order chi connectivity index (χ0) is 22.7. The minimum absolute atomic E-state index is 0.0265. The summed E-state index contributed by atoms with van der Waals surface area (Å²) in [5.41, 5.74) is -0.0607. The highest BCUT2D eigenvalue weighted by atomic mass is 16.6.